The molecule has 1 aliphatic heterocycles. The maximum Gasteiger partial charge on any atom is 0.290 e. The van der Waals surface area contributed by atoms with Crippen LogP contribution in [0.4, 0.5) is 0 Å². The zero-order valence-electron chi connectivity index (χ0n) is 6.79. The summed E-state index contributed by atoms with van der Waals surface area (Å²) in [5, 5.41) is 10.2. The maximum absolute atomic E-state index is 8.36. The summed E-state index contributed by atoms with van der Waals surface area (Å²) in [6.45, 7) is 4.11. The molecule has 2 atom stereocenters. The molecule has 1 fully saturated rings. The van der Waals surface area contributed by atoms with Gasteiger partial charge in [0.25, 0.3) is 6.47 Å². The fourth-order valence-electron chi connectivity index (χ4n) is 1.13. The van der Waals surface area contributed by atoms with Gasteiger partial charge in [0.05, 0.1) is 0 Å². The van der Waals surface area contributed by atoms with Crippen LogP contribution in [0.25, 0.3) is 0 Å². The fraction of sp³-hybridized carbons (Fsp3) is 0.857. The lowest BCUT2D eigenvalue weighted by atomic mass is 10.0. The standard InChI is InChI=1S/C6H14N2.CH2O2/c1-5(7)6-2-3-8-4-6;2-1-3/h5-6,8H,2-4,7H2,1H3;1H,(H,2,3)/t5?,6-;/m1./s1. The number of hydrogen-bond acceptors (Lipinski definition) is 3. The summed E-state index contributed by atoms with van der Waals surface area (Å²) in [7, 11) is 0. The number of rotatable bonds is 1. The minimum absolute atomic E-state index is 0.250. The molecule has 4 nitrogen and oxygen atoms in total. The summed E-state index contributed by atoms with van der Waals surface area (Å²) >= 11 is 0. The Balaban J connectivity index is 0.000000292. The Morgan fingerprint density at radius 3 is 2.55 bits per heavy atom. The first-order valence-corrected chi connectivity index (χ1v) is 3.76. The van der Waals surface area contributed by atoms with Gasteiger partial charge in [-0.1, -0.05) is 0 Å². The average Bonchev–Trinajstić information content (AvgIpc) is 2.38. The normalized spacial score (nSPS) is 25.1. The van der Waals surface area contributed by atoms with E-state index in [0.29, 0.717) is 6.04 Å². The van der Waals surface area contributed by atoms with Crippen LogP contribution in [0.5, 0.6) is 0 Å². The van der Waals surface area contributed by atoms with E-state index < -0.39 is 0 Å². The first-order valence-electron chi connectivity index (χ1n) is 3.76. The van der Waals surface area contributed by atoms with Gasteiger partial charge in [0.15, 0.2) is 0 Å². The Labute approximate surface area is 66.8 Å². The lowest BCUT2D eigenvalue weighted by Crippen LogP contribution is -2.27. The molecule has 1 saturated heterocycles. The molecule has 0 spiro atoms. The number of carbonyl (C=O) groups is 1. The van der Waals surface area contributed by atoms with Crippen molar-refractivity contribution >= 4 is 6.47 Å². The third-order valence-corrected chi connectivity index (χ3v) is 1.84. The summed E-state index contributed by atoms with van der Waals surface area (Å²) in [5.41, 5.74) is 5.66. The number of carboxylic acid groups (broad SMARTS) is 1. The Hall–Kier alpha value is -0.610. The van der Waals surface area contributed by atoms with E-state index in [1.807, 2.05) is 0 Å². The van der Waals surface area contributed by atoms with E-state index >= 15 is 0 Å². The van der Waals surface area contributed by atoms with Crippen LogP contribution in [-0.2, 0) is 4.79 Å². The maximum atomic E-state index is 8.36. The monoisotopic (exact) mass is 160 g/mol. The Morgan fingerprint density at radius 2 is 2.36 bits per heavy atom. The molecular weight excluding hydrogens is 144 g/mol. The fourth-order valence-corrected chi connectivity index (χ4v) is 1.13. The highest BCUT2D eigenvalue weighted by Crippen LogP contribution is 2.09. The highest BCUT2D eigenvalue weighted by Gasteiger charge is 2.17. The van der Waals surface area contributed by atoms with Gasteiger partial charge in [0, 0.05) is 6.04 Å². The molecule has 0 aromatic rings. The highest BCUT2D eigenvalue weighted by molar-refractivity contribution is 5.32. The van der Waals surface area contributed by atoms with E-state index in [1.165, 1.54) is 6.42 Å². The SMILES string of the molecule is CC(N)[C@@H]1CCNC1.O=CO. The van der Waals surface area contributed by atoms with Crippen molar-refractivity contribution in [1.82, 2.24) is 5.32 Å². The van der Waals surface area contributed by atoms with Crippen LogP contribution in [0.3, 0.4) is 0 Å². The van der Waals surface area contributed by atoms with E-state index in [-0.39, 0.29) is 6.47 Å². The topological polar surface area (TPSA) is 75.3 Å². The largest absolute Gasteiger partial charge is 0.483 e. The molecule has 66 valence electrons. The predicted octanol–water partition coefficient (Wildman–Crippen LogP) is -0.356. The second-order valence-corrected chi connectivity index (χ2v) is 2.72. The zero-order chi connectivity index (χ0) is 8.69. The van der Waals surface area contributed by atoms with E-state index in [4.69, 9.17) is 15.6 Å². The van der Waals surface area contributed by atoms with Crippen molar-refractivity contribution in [2.75, 3.05) is 13.1 Å². The zero-order valence-corrected chi connectivity index (χ0v) is 6.79. The van der Waals surface area contributed by atoms with Crippen molar-refractivity contribution in [3.8, 4) is 0 Å². The van der Waals surface area contributed by atoms with Crippen molar-refractivity contribution in [2.24, 2.45) is 11.7 Å². The summed E-state index contributed by atoms with van der Waals surface area (Å²) in [6.07, 6.45) is 1.26. The molecule has 0 aliphatic carbocycles. The average molecular weight is 160 g/mol. The van der Waals surface area contributed by atoms with Gasteiger partial charge >= 0.3 is 0 Å². The van der Waals surface area contributed by atoms with E-state index in [0.717, 1.165) is 19.0 Å². The van der Waals surface area contributed by atoms with Crippen LogP contribution in [0.15, 0.2) is 0 Å². The van der Waals surface area contributed by atoms with E-state index in [1.54, 1.807) is 0 Å². The summed E-state index contributed by atoms with van der Waals surface area (Å²) < 4.78 is 0. The molecule has 0 saturated carbocycles. The molecule has 0 aromatic carbocycles. The number of nitrogens with two attached hydrogens (primary N) is 1. The second kappa shape index (κ2) is 6.12. The van der Waals surface area contributed by atoms with Crippen molar-refractivity contribution in [2.45, 2.75) is 19.4 Å². The second-order valence-electron chi connectivity index (χ2n) is 2.72. The van der Waals surface area contributed by atoms with Gasteiger partial charge in [-0.05, 0) is 32.4 Å². The number of hydrogen-bond donors (Lipinski definition) is 3. The smallest absolute Gasteiger partial charge is 0.290 e. The van der Waals surface area contributed by atoms with Crippen LogP contribution >= 0.6 is 0 Å². The lowest BCUT2D eigenvalue weighted by molar-refractivity contribution is -0.122. The summed E-state index contributed by atoms with van der Waals surface area (Å²) in [6, 6.07) is 0.380. The molecule has 0 amide bonds. The van der Waals surface area contributed by atoms with Gasteiger partial charge < -0.3 is 16.2 Å². The molecule has 0 radical (unpaired) electrons. The van der Waals surface area contributed by atoms with Gasteiger partial charge in [0.2, 0.25) is 0 Å². The van der Waals surface area contributed by atoms with Gasteiger partial charge in [-0.2, -0.15) is 0 Å². The van der Waals surface area contributed by atoms with Gasteiger partial charge in [-0.3, -0.25) is 4.79 Å². The van der Waals surface area contributed by atoms with Crippen LogP contribution in [0.2, 0.25) is 0 Å². The molecule has 1 heterocycles. The Kier molecular flexibility index (Phi) is 5.78. The van der Waals surface area contributed by atoms with Crippen molar-refractivity contribution in [3.63, 3.8) is 0 Å². The van der Waals surface area contributed by atoms with E-state index in [2.05, 4.69) is 12.2 Å². The molecule has 1 unspecified atom stereocenters. The van der Waals surface area contributed by atoms with Gasteiger partial charge in [-0.25, -0.2) is 0 Å². The van der Waals surface area contributed by atoms with Crippen LogP contribution in [0, 0.1) is 5.92 Å². The van der Waals surface area contributed by atoms with Crippen molar-refractivity contribution < 1.29 is 9.90 Å². The van der Waals surface area contributed by atoms with Crippen LogP contribution in [-0.4, -0.2) is 30.7 Å². The minimum atomic E-state index is -0.250. The quantitative estimate of drug-likeness (QED) is 0.458. The molecule has 1 aliphatic rings. The molecule has 4 N–H and O–H groups in total. The molecular formula is C7H16N2O2. The lowest BCUT2D eigenvalue weighted by Gasteiger charge is -2.10. The summed E-state index contributed by atoms with van der Waals surface area (Å²) in [4.78, 5) is 8.36. The molecule has 0 bridgehead atoms. The highest BCUT2D eigenvalue weighted by atomic mass is 16.3. The third kappa shape index (κ3) is 4.75. The Bertz CT molecular complexity index is 101. The number of nitrogens with one attached hydrogen (secondary N) is 1. The van der Waals surface area contributed by atoms with Crippen molar-refractivity contribution in [1.29, 1.82) is 0 Å². The third-order valence-electron chi connectivity index (χ3n) is 1.84. The first-order chi connectivity index (χ1) is 5.22. The summed E-state index contributed by atoms with van der Waals surface area (Å²) in [5.74, 6) is 0.731. The molecule has 1 rings (SSSR count). The molecule has 0 aromatic heterocycles. The molecule has 11 heavy (non-hydrogen) atoms. The Morgan fingerprint density at radius 1 is 1.82 bits per heavy atom. The van der Waals surface area contributed by atoms with Crippen LogP contribution in [0.1, 0.15) is 13.3 Å². The van der Waals surface area contributed by atoms with Crippen LogP contribution < -0.4 is 11.1 Å². The molecule has 4 heteroatoms. The minimum Gasteiger partial charge on any atom is -0.483 e. The van der Waals surface area contributed by atoms with Crippen molar-refractivity contribution in [3.05, 3.63) is 0 Å². The van der Waals surface area contributed by atoms with Gasteiger partial charge in [0.1, 0.15) is 0 Å². The predicted molar refractivity (Wildman–Crippen MR) is 43.3 cm³/mol. The van der Waals surface area contributed by atoms with Gasteiger partial charge in [-0.15, -0.1) is 0 Å². The first kappa shape index (κ1) is 10.4. The van der Waals surface area contributed by atoms with E-state index in [9.17, 15) is 0 Å².